The molecular formula is C20H19N5O. The molecule has 0 atom stereocenters. The summed E-state index contributed by atoms with van der Waals surface area (Å²) in [7, 11) is 1.68. The van der Waals surface area contributed by atoms with Crippen LogP contribution in [-0.2, 0) is 13.1 Å². The van der Waals surface area contributed by atoms with Crippen LogP contribution in [0.1, 0.15) is 11.1 Å². The van der Waals surface area contributed by atoms with E-state index in [-0.39, 0.29) is 0 Å². The normalized spacial score (nSPS) is 11.0. The predicted molar refractivity (Wildman–Crippen MR) is 99.8 cm³/mol. The Morgan fingerprint density at radius 1 is 0.962 bits per heavy atom. The highest BCUT2D eigenvalue weighted by molar-refractivity contribution is 5.66. The lowest BCUT2D eigenvalue weighted by Gasteiger charge is -2.09. The summed E-state index contributed by atoms with van der Waals surface area (Å²) >= 11 is 0. The minimum atomic E-state index is 0.668. The van der Waals surface area contributed by atoms with Crippen LogP contribution in [0.3, 0.4) is 0 Å². The average molecular weight is 345 g/mol. The van der Waals surface area contributed by atoms with Crippen molar-refractivity contribution >= 4 is 5.65 Å². The molecule has 1 N–H and O–H groups in total. The second-order valence-electron chi connectivity index (χ2n) is 6.02. The van der Waals surface area contributed by atoms with Crippen LogP contribution in [-0.4, -0.2) is 27.2 Å². The number of nitrogens with one attached hydrogen (secondary N) is 1. The first-order chi connectivity index (χ1) is 12.8. The number of fused-ring (bicyclic) bond motifs is 1. The number of pyridine rings is 1. The third-order valence-electron chi connectivity index (χ3n) is 4.26. The summed E-state index contributed by atoms with van der Waals surface area (Å²) in [6.45, 7) is 1.41. The molecule has 4 rings (SSSR count). The number of methoxy groups -OCH3 is 1. The van der Waals surface area contributed by atoms with Crippen LogP contribution in [0.2, 0.25) is 0 Å². The molecule has 2 aromatic carbocycles. The summed E-state index contributed by atoms with van der Waals surface area (Å²) in [6, 6.07) is 20.4. The fourth-order valence-electron chi connectivity index (χ4n) is 2.96. The van der Waals surface area contributed by atoms with Gasteiger partial charge in [-0.25, -0.2) is 0 Å². The Hall–Kier alpha value is -3.25. The molecule has 0 fully saturated rings. The van der Waals surface area contributed by atoms with Crippen molar-refractivity contribution in [3.8, 4) is 16.9 Å². The summed E-state index contributed by atoms with van der Waals surface area (Å²) in [5.74, 6) is 0.861. The zero-order chi connectivity index (χ0) is 17.8. The van der Waals surface area contributed by atoms with Crippen LogP contribution in [0, 0.1) is 0 Å². The molecule has 26 heavy (non-hydrogen) atoms. The monoisotopic (exact) mass is 345 g/mol. The van der Waals surface area contributed by atoms with Gasteiger partial charge in [-0.15, -0.1) is 5.10 Å². The smallest absolute Gasteiger partial charge is 0.183 e. The van der Waals surface area contributed by atoms with E-state index in [4.69, 9.17) is 4.74 Å². The van der Waals surface area contributed by atoms with Gasteiger partial charge < -0.3 is 10.1 Å². The topological polar surface area (TPSA) is 64.3 Å². The van der Waals surface area contributed by atoms with Gasteiger partial charge in [0.1, 0.15) is 5.75 Å². The molecule has 6 nitrogen and oxygen atoms in total. The Morgan fingerprint density at radius 2 is 1.85 bits per heavy atom. The predicted octanol–water partition coefficient (Wildman–Crippen LogP) is 3.09. The van der Waals surface area contributed by atoms with Gasteiger partial charge in [-0.1, -0.05) is 42.5 Å². The molecule has 0 saturated carbocycles. The van der Waals surface area contributed by atoms with E-state index in [1.807, 2.05) is 42.6 Å². The highest BCUT2D eigenvalue weighted by atomic mass is 16.5. The molecule has 0 bridgehead atoms. The van der Waals surface area contributed by atoms with Gasteiger partial charge in [0, 0.05) is 30.4 Å². The van der Waals surface area contributed by atoms with Crippen molar-refractivity contribution in [2.24, 2.45) is 0 Å². The van der Waals surface area contributed by atoms with E-state index in [2.05, 4.69) is 45.1 Å². The molecule has 0 saturated heterocycles. The summed E-state index contributed by atoms with van der Waals surface area (Å²) in [5, 5.41) is 15.5. The third-order valence-corrected chi connectivity index (χ3v) is 4.26. The van der Waals surface area contributed by atoms with E-state index in [1.165, 1.54) is 5.56 Å². The molecule has 0 unspecified atom stereocenters. The SMILES string of the molecule is COc1cccc(CNCc2cc(-c3ccccc3)cn3nnnc23)c1. The molecule has 0 aliphatic rings. The molecule has 0 spiro atoms. The highest BCUT2D eigenvalue weighted by Gasteiger charge is 2.09. The van der Waals surface area contributed by atoms with Crippen molar-refractivity contribution in [1.29, 1.82) is 0 Å². The zero-order valence-electron chi connectivity index (χ0n) is 14.5. The maximum atomic E-state index is 5.27. The number of nitrogens with zero attached hydrogens (tertiary/aromatic N) is 4. The van der Waals surface area contributed by atoms with Crippen molar-refractivity contribution in [1.82, 2.24) is 25.4 Å². The Kier molecular flexibility index (Phi) is 4.57. The first-order valence-corrected chi connectivity index (χ1v) is 8.43. The average Bonchev–Trinajstić information content (AvgIpc) is 3.18. The van der Waals surface area contributed by atoms with Crippen LogP contribution in [0.4, 0.5) is 0 Å². The number of ether oxygens (including phenoxy) is 1. The van der Waals surface area contributed by atoms with Crippen LogP contribution in [0.25, 0.3) is 16.8 Å². The van der Waals surface area contributed by atoms with Gasteiger partial charge in [0.15, 0.2) is 5.65 Å². The second-order valence-corrected chi connectivity index (χ2v) is 6.02. The summed E-state index contributed by atoms with van der Waals surface area (Å²) < 4.78 is 7.00. The number of hydrogen-bond donors (Lipinski definition) is 1. The van der Waals surface area contributed by atoms with Gasteiger partial charge in [-0.05, 0) is 39.8 Å². The van der Waals surface area contributed by atoms with Crippen molar-refractivity contribution in [2.45, 2.75) is 13.1 Å². The van der Waals surface area contributed by atoms with Crippen LogP contribution < -0.4 is 10.1 Å². The fraction of sp³-hybridized carbons (Fsp3) is 0.150. The Bertz CT molecular complexity index is 1010. The first-order valence-electron chi connectivity index (χ1n) is 8.43. The van der Waals surface area contributed by atoms with Crippen LogP contribution >= 0.6 is 0 Å². The molecule has 0 amide bonds. The lowest BCUT2D eigenvalue weighted by atomic mass is 10.1. The Labute approximate surface area is 151 Å². The molecule has 130 valence electrons. The van der Waals surface area contributed by atoms with Crippen LogP contribution in [0.15, 0.2) is 66.9 Å². The van der Waals surface area contributed by atoms with Crippen molar-refractivity contribution in [3.05, 3.63) is 78.0 Å². The molecule has 2 heterocycles. The largest absolute Gasteiger partial charge is 0.497 e. The number of aromatic nitrogens is 4. The Balaban J connectivity index is 1.56. The third kappa shape index (κ3) is 3.41. The number of tetrazole rings is 1. The first kappa shape index (κ1) is 16.2. The molecule has 0 aliphatic carbocycles. The van der Waals surface area contributed by atoms with E-state index >= 15 is 0 Å². The second kappa shape index (κ2) is 7.33. The molecule has 2 aromatic heterocycles. The number of rotatable bonds is 6. The van der Waals surface area contributed by atoms with E-state index in [1.54, 1.807) is 11.6 Å². The highest BCUT2D eigenvalue weighted by Crippen LogP contribution is 2.22. The molecule has 6 heteroatoms. The summed E-state index contributed by atoms with van der Waals surface area (Å²) in [6.07, 6.45) is 1.95. The van der Waals surface area contributed by atoms with Gasteiger partial charge in [-0.2, -0.15) is 4.52 Å². The van der Waals surface area contributed by atoms with E-state index in [9.17, 15) is 0 Å². The standard InChI is InChI=1S/C20H19N5O/c1-26-19-9-5-6-15(10-19)12-21-13-17-11-18(16-7-3-2-4-8-16)14-25-20(17)22-23-24-25/h2-11,14,21H,12-13H2,1H3. The lowest BCUT2D eigenvalue weighted by Crippen LogP contribution is -2.14. The number of benzene rings is 2. The van der Waals surface area contributed by atoms with Gasteiger partial charge >= 0.3 is 0 Å². The van der Waals surface area contributed by atoms with E-state index < -0.39 is 0 Å². The summed E-state index contributed by atoms with van der Waals surface area (Å²) in [4.78, 5) is 0. The maximum Gasteiger partial charge on any atom is 0.183 e. The van der Waals surface area contributed by atoms with E-state index in [0.717, 1.165) is 34.6 Å². The fourth-order valence-corrected chi connectivity index (χ4v) is 2.96. The van der Waals surface area contributed by atoms with Gasteiger partial charge in [0.05, 0.1) is 7.11 Å². The van der Waals surface area contributed by atoms with Crippen molar-refractivity contribution in [3.63, 3.8) is 0 Å². The lowest BCUT2D eigenvalue weighted by molar-refractivity contribution is 0.414. The van der Waals surface area contributed by atoms with Crippen LogP contribution in [0.5, 0.6) is 5.75 Å². The van der Waals surface area contributed by atoms with Crippen molar-refractivity contribution in [2.75, 3.05) is 7.11 Å². The minimum Gasteiger partial charge on any atom is -0.497 e. The van der Waals surface area contributed by atoms with E-state index in [0.29, 0.717) is 6.54 Å². The van der Waals surface area contributed by atoms with Gasteiger partial charge in [0.25, 0.3) is 0 Å². The van der Waals surface area contributed by atoms with Gasteiger partial charge in [0.2, 0.25) is 0 Å². The molecule has 0 aliphatic heterocycles. The molecular weight excluding hydrogens is 326 g/mol. The van der Waals surface area contributed by atoms with Crippen molar-refractivity contribution < 1.29 is 4.74 Å². The minimum absolute atomic E-state index is 0.668. The zero-order valence-corrected chi connectivity index (χ0v) is 14.5. The van der Waals surface area contributed by atoms with Gasteiger partial charge in [-0.3, -0.25) is 0 Å². The summed E-state index contributed by atoms with van der Waals surface area (Å²) in [5.41, 5.74) is 5.21. The molecule has 4 aromatic rings. The molecule has 0 radical (unpaired) electrons. The number of hydrogen-bond acceptors (Lipinski definition) is 5. The maximum absolute atomic E-state index is 5.27. The Morgan fingerprint density at radius 3 is 2.69 bits per heavy atom. The quantitative estimate of drug-likeness (QED) is 0.582.